The maximum atomic E-state index is 10.3. The van der Waals surface area contributed by atoms with Gasteiger partial charge in [-0.2, -0.15) is 0 Å². The van der Waals surface area contributed by atoms with Crippen LogP contribution in [0.5, 0.6) is 0 Å². The van der Waals surface area contributed by atoms with Crippen LogP contribution >= 0.6 is 7.60 Å². The summed E-state index contributed by atoms with van der Waals surface area (Å²) in [5, 5.41) is -0.456. The van der Waals surface area contributed by atoms with Crippen molar-refractivity contribution in [3.8, 4) is 0 Å². The van der Waals surface area contributed by atoms with Gasteiger partial charge in [-0.15, -0.1) is 0 Å². The summed E-state index contributed by atoms with van der Waals surface area (Å²) >= 11 is 0. The van der Waals surface area contributed by atoms with Gasteiger partial charge in [-0.1, -0.05) is 6.92 Å². The third-order valence-corrected chi connectivity index (χ3v) is 4.27. The fourth-order valence-electron chi connectivity index (χ4n) is 0.238. The summed E-state index contributed by atoms with van der Waals surface area (Å²) in [6, 6.07) is 0. The molecule has 8 heavy (non-hydrogen) atoms. The average Bonchev–Trinajstić information content (AvgIpc) is 1.62. The van der Waals surface area contributed by atoms with Crippen molar-refractivity contribution >= 4 is 17.8 Å². The Bertz CT molecular complexity index is 109. The minimum Gasteiger partial charge on any atom is -0.324 e. The summed E-state index contributed by atoms with van der Waals surface area (Å²) in [7, 11) is -2.39. The molecule has 5 heteroatoms. The van der Waals surface area contributed by atoms with E-state index >= 15 is 0 Å². The Hall–Kier alpha value is 0.367. The molecule has 0 heterocycles. The van der Waals surface area contributed by atoms with Crippen LogP contribution in [0.3, 0.4) is 0 Å². The van der Waals surface area contributed by atoms with Gasteiger partial charge in [0, 0.05) is 15.5 Å². The second-order valence-electron chi connectivity index (χ2n) is 1.65. The standard InChI is InChI=1S/C3H10O3PSi/c1-2-3(8)7(4,5)6/h3H,2,8H2,1H3,(H2,4,5,6). The van der Waals surface area contributed by atoms with E-state index in [1.807, 2.05) is 0 Å². The maximum Gasteiger partial charge on any atom is 0.324 e. The van der Waals surface area contributed by atoms with E-state index in [2.05, 4.69) is 0 Å². The Morgan fingerprint density at radius 1 is 1.75 bits per heavy atom. The second-order valence-corrected chi connectivity index (χ2v) is 5.23. The lowest BCUT2D eigenvalue weighted by Crippen LogP contribution is -2.04. The van der Waals surface area contributed by atoms with Gasteiger partial charge in [-0.05, 0) is 6.42 Å². The molecule has 3 nitrogen and oxygen atoms in total. The van der Waals surface area contributed by atoms with Crippen LogP contribution in [0, 0.1) is 0 Å². The van der Waals surface area contributed by atoms with Gasteiger partial charge in [0.05, 0.1) is 0 Å². The summed E-state index contributed by atoms with van der Waals surface area (Å²) in [6.07, 6.45) is 0.544. The molecule has 49 valence electrons. The third kappa shape index (κ3) is 2.62. The van der Waals surface area contributed by atoms with Crippen LogP contribution < -0.4 is 0 Å². The van der Waals surface area contributed by atoms with Crippen LogP contribution in [0.15, 0.2) is 0 Å². The number of hydrogen-bond acceptors (Lipinski definition) is 1. The number of hydrogen-bond donors (Lipinski definition) is 2. The zero-order chi connectivity index (χ0) is 6.78. The summed E-state index contributed by atoms with van der Waals surface area (Å²) in [5.74, 6) is 0. The van der Waals surface area contributed by atoms with Gasteiger partial charge in [-0.3, -0.25) is 4.57 Å². The van der Waals surface area contributed by atoms with Crippen molar-refractivity contribution in [2.45, 2.75) is 18.6 Å². The SMILES string of the molecule is CCC([SiH2])P(=O)(O)O. The molecule has 2 N–H and O–H groups in total. The summed E-state index contributed by atoms with van der Waals surface area (Å²) < 4.78 is 10.3. The zero-order valence-corrected chi connectivity index (χ0v) is 7.05. The van der Waals surface area contributed by atoms with E-state index in [0.717, 1.165) is 0 Å². The van der Waals surface area contributed by atoms with E-state index in [1.54, 1.807) is 6.92 Å². The van der Waals surface area contributed by atoms with Crippen LogP contribution in [-0.4, -0.2) is 25.3 Å². The van der Waals surface area contributed by atoms with Crippen molar-refractivity contribution in [1.29, 1.82) is 0 Å². The van der Waals surface area contributed by atoms with Gasteiger partial charge in [0.25, 0.3) is 0 Å². The van der Waals surface area contributed by atoms with E-state index in [-0.39, 0.29) is 0 Å². The first-order valence-corrected chi connectivity index (χ1v) is 4.86. The van der Waals surface area contributed by atoms with Crippen molar-refractivity contribution in [2.75, 3.05) is 0 Å². The summed E-state index contributed by atoms with van der Waals surface area (Å²) in [5.41, 5.74) is 0. The predicted molar refractivity (Wildman–Crippen MR) is 34.7 cm³/mol. The molecular formula is C3H10O3PSi. The van der Waals surface area contributed by atoms with Gasteiger partial charge < -0.3 is 9.79 Å². The molecule has 0 aliphatic carbocycles. The van der Waals surface area contributed by atoms with Crippen LogP contribution in [0.25, 0.3) is 0 Å². The molecule has 0 aromatic heterocycles. The lowest BCUT2D eigenvalue weighted by Gasteiger charge is -2.08. The molecule has 0 aromatic rings. The van der Waals surface area contributed by atoms with E-state index < -0.39 is 12.9 Å². The summed E-state index contributed by atoms with van der Waals surface area (Å²) in [4.78, 5) is 16.8. The van der Waals surface area contributed by atoms with Gasteiger partial charge >= 0.3 is 7.60 Å². The molecule has 0 fully saturated rings. The topological polar surface area (TPSA) is 57.5 Å². The molecule has 0 saturated heterocycles. The molecule has 0 saturated carbocycles. The molecule has 0 amide bonds. The molecule has 0 bridgehead atoms. The van der Waals surface area contributed by atoms with Crippen LogP contribution in [0.4, 0.5) is 0 Å². The highest BCUT2D eigenvalue weighted by Crippen LogP contribution is 2.40. The highest BCUT2D eigenvalue weighted by Gasteiger charge is 2.20. The first kappa shape index (κ1) is 8.37. The van der Waals surface area contributed by atoms with Crippen molar-refractivity contribution in [3.63, 3.8) is 0 Å². The fourth-order valence-corrected chi connectivity index (χ4v) is 0.714. The van der Waals surface area contributed by atoms with Crippen LogP contribution in [0.2, 0.25) is 0 Å². The van der Waals surface area contributed by atoms with Gasteiger partial charge in [-0.25, -0.2) is 0 Å². The minimum absolute atomic E-state index is 0.456. The van der Waals surface area contributed by atoms with Gasteiger partial charge in [0.15, 0.2) is 0 Å². The molecule has 0 spiro atoms. The van der Waals surface area contributed by atoms with Crippen LogP contribution in [0.1, 0.15) is 13.3 Å². The molecule has 1 atom stereocenters. The Labute approximate surface area is 51.7 Å². The lowest BCUT2D eigenvalue weighted by molar-refractivity contribution is 0.368. The van der Waals surface area contributed by atoms with E-state index in [1.165, 1.54) is 10.2 Å². The van der Waals surface area contributed by atoms with Crippen LogP contribution in [-0.2, 0) is 4.57 Å². The Morgan fingerprint density at radius 3 is 2.12 bits per heavy atom. The Morgan fingerprint density at radius 2 is 2.12 bits per heavy atom. The third-order valence-electron chi connectivity index (χ3n) is 0.947. The van der Waals surface area contributed by atoms with Crippen molar-refractivity contribution in [3.05, 3.63) is 0 Å². The molecule has 1 radical (unpaired) electrons. The molecule has 0 rings (SSSR count). The molecule has 0 aliphatic rings. The summed E-state index contributed by atoms with van der Waals surface area (Å²) in [6.45, 7) is 1.76. The average molecular weight is 153 g/mol. The van der Waals surface area contributed by atoms with Crippen molar-refractivity contribution in [2.24, 2.45) is 0 Å². The van der Waals surface area contributed by atoms with E-state index in [4.69, 9.17) is 9.79 Å². The Balaban J connectivity index is 3.82. The molecular weight excluding hydrogens is 143 g/mol. The maximum absolute atomic E-state index is 10.3. The van der Waals surface area contributed by atoms with Gasteiger partial charge in [0.1, 0.15) is 0 Å². The fraction of sp³-hybridized carbons (Fsp3) is 1.00. The first-order valence-electron chi connectivity index (χ1n) is 2.36. The second kappa shape index (κ2) is 2.78. The van der Waals surface area contributed by atoms with Crippen molar-refractivity contribution in [1.82, 2.24) is 0 Å². The normalized spacial score (nSPS) is 16.0. The van der Waals surface area contributed by atoms with Gasteiger partial charge in [0.2, 0.25) is 0 Å². The largest absolute Gasteiger partial charge is 0.324 e. The Kier molecular flexibility index (Phi) is 2.91. The van der Waals surface area contributed by atoms with E-state index in [0.29, 0.717) is 6.42 Å². The monoisotopic (exact) mass is 153 g/mol. The van der Waals surface area contributed by atoms with E-state index in [9.17, 15) is 4.57 Å². The smallest absolute Gasteiger partial charge is 0.324 e. The highest BCUT2D eigenvalue weighted by molar-refractivity contribution is 7.54. The highest BCUT2D eigenvalue weighted by atomic mass is 31.2. The lowest BCUT2D eigenvalue weighted by atomic mass is 10.6. The zero-order valence-electron chi connectivity index (χ0n) is 4.74. The molecule has 1 unspecified atom stereocenters. The molecule has 0 aliphatic heterocycles. The first-order chi connectivity index (χ1) is 3.48. The minimum atomic E-state index is -3.74. The predicted octanol–water partition coefficient (Wildman–Crippen LogP) is -0.467. The van der Waals surface area contributed by atoms with Crippen molar-refractivity contribution < 1.29 is 14.4 Å². The molecule has 0 aromatic carbocycles. The number of rotatable bonds is 2. The quantitative estimate of drug-likeness (QED) is 0.416.